The van der Waals surface area contributed by atoms with E-state index in [4.69, 9.17) is 4.74 Å². The molecule has 0 bridgehead atoms. The molecule has 0 saturated carbocycles. The van der Waals surface area contributed by atoms with Crippen LogP contribution in [0.4, 0.5) is 11.5 Å². The number of benzene rings is 1. The fourth-order valence-electron chi connectivity index (χ4n) is 2.78. The maximum absolute atomic E-state index is 12.6. The molecule has 0 aliphatic carbocycles. The van der Waals surface area contributed by atoms with Gasteiger partial charge in [-0.25, -0.2) is 18.2 Å². The Balaban J connectivity index is 2.30. The SMILES string of the molecule is CCCCN(CC)c1ncc(NS(=O)(=O)c2ccc(OCC)cc2)cc1C(=O)O. The summed E-state index contributed by atoms with van der Waals surface area (Å²) < 4.78 is 33.0. The van der Waals surface area contributed by atoms with E-state index in [0.717, 1.165) is 12.8 Å². The second-order valence-corrected chi connectivity index (χ2v) is 8.03. The predicted octanol–water partition coefficient (Wildman–Crippen LogP) is 3.61. The van der Waals surface area contributed by atoms with Crippen molar-refractivity contribution >= 4 is 27.5 Å². The van der Waals surface area contributed by atoms with E-state index in [9.17, 15) is 18.3 Å². The van der Waals surface area contributed by atoms with Crippen molar-refractivity contribution < 1.29 is 23.1 Å². The third-order valence-electron chi connectivity index (χ3n) is 4.26. The molecular weight excluding hydrogens is 394 g/mol. The van der Waals surface area contributed by atoms with Gasteiger partial charge in [0.05, 0.1) is 23.4 Å². The highest BCUT2D eigenvalue weighted by atomic mass is 32.2. The minimum Gasteiger partial charge on any atom is -0.494 e. The molecule has 158 valence electrons. The number of pyridine rings is 1. The van der Waals surface area contributed by atoms with Gasteiger partial charge in [0, 0.05) is 13.1 Å². The molecule has 0 atom stereocenters. The lowest BCUT2D eigenvalue weighted by atomic mass is 10.2. The Morgan fingerprint density at radius 2 is 1.90 bits per heavy atom. The Morgan fingerprint density at radius 1 is 1.21 bits per heavy atom. The Hall–Kier alpha value is -2.81. The van der Waals surface area contributed by atoms with Crippen molar-refractivity contribution in [1.29, 1.82) is 0 Å². The van der Waals surface area contributed by atoms with E-state index in [2.05, 4.69) is 16.6 Å². The normalized spacial score (nSPS) is 11.1. The molecule has 8 nitrogen and oxygen atoms in total. The number of carboxylic acid groups (broad SMARTS) is 1. The molecule has 0 saturated heterocycles. The lowest BCUT2D eigenvalue weighted by Gasteiger charge is -2.23. The molecule has 2 N–H and O–H groups in total. The lowest BCUT2D eigenvalue weighted by Crippen LogP contribution is -2.27. The van der Waals surface area contributed by atoms with Crippen molar-refractivity contribution in [2.24, 2.45) is 0 Å². The average Bonchev–Trinajstić information content (AvgIpc) is 2.69. The van der Waals surface area contributed by atoms with Crippen molar-refractivity contribution in [3.63, 3.8) is 0 Å². The van der Waals surface area contributed by atoms with E-state index >= 15 is 0 Å². The number of aromatic nitrogens is 1. The van der Waals surface area contributed by atoms with E-state index in [-0.39, 0.29) is 16.1 Å². The summed E-state index contributed by atoms with van der Waals surface area (Å²) in [6.45, 7) is 7.57. The third kappa shape index (κ3) is 5.83. The molecule has 0 aliphatic rings. The summed E-state index contributed by atoms with van der Waals surface area (Å²) in [6.07, 6.45) is 3.21. The second-order valence-electron chi connectivity index (χ2n) is 6.34. The zero-order valence-electron chi connectivity index (χ0n) is 16.9. The summed E-state index contributed by atoms with van der Waals surface area (Å²) in [6, 6.07) is 7.28. The van der Waals surface area contributed by atoms with Gasteiger partial charge < -0.3 is 14.7 Å². The molecule has 0 aliphatic heterocycles. The van der Waals surface area contributed by atoms with E-state index in [1.54, 1.807) is 12.1 Å². The Morgan fingerprint density at radius 3 is 2.45 bits per heavy atom. The van der Waals surface area contributed by atoms with Crippen molar-refractivity contribution in [1.82, 2.24) is 4.98 Å². The van der Waals surface area contributed by atoms with Crippen LogP contribution in [0.15, 0.2) is 41.4 Å². The molecule has 29 heavy (non-hydrogen) atoms. The van der Waals surface area contributed by atoms with Crippen LogP contribution in [0.25, 0.3) is 0 Å². The first-order chi connectivity index (χ1) is 13.8. The smallest absolute Gasteiger partial charge is 0.339 e. The van der Waals surface area contributed by atoms with Crippen LogP contribution in [0.3, 0.4) is 0 Å². The van der Waals surface area contributed by atoms with Crippen molar-refractivity contribution in [3.8, 4) is 5.75 Å². The van der Waals surface area contributed by atoms with E-state index in [1.807, 2.05) is 18.7 Å². The molecule has 2 aromatic rings. The number of unbranched alkanes of at least 4 members (excludes halogenated alkanes) is 1. The van der Waals surface area contributed by atoms with Crippen LogP contribution in [0, 0.1) is 0 Å². The number of rotatable bonds is 11. The minimum absolute atomic E-state index is 0.0417. The number of nitrogens with zero attached hydrogens (tertiary/aromatic N) is 2. The number of ether oxygens (including phenoxy) is 1. The standard InChI is InChI=1S/C20H27N3O5S/c1-4-7-12-23(5-2)19-18(20(24)25)13-15(14-21-19)22-29(26,27)17-10-8-16(9-11-17)28-6-3/h8-11,13-14,22H,4-7,12H2,1-3H3,(H,24,25). The van der Waals surface area contributed by atoms with Crippen LogP contribution < -0.4 is 14.4 Å². The maximum atomic E-state index is 12.6. The van der Waals surface area contributed by atoms with Gasteiger partial charge in [0.1, 0.15) is 17.1 Å². The van der Waals surface area contributed by atoms with Gasteiger partial charge in [-0.05, 0) is 50.6 Å². The number of carbonyl (C=O) groups is 1. The van der Waals surface area contributed by atoms with Gasteiger partial charge in [0.25, 0.3) is 10.0 Å². The monoisotopic (exact) mass is 421 g/mol. The lowest BCUT2D eigenvalue weighted by molar-refractivity contribution is 0.0697. The summed E-state index contributed by atoms with van der Waals surface area (Å²) in [5.41, 5.74) is 0.0430. The molecule has 0 fully saturated rings. The fraction of sp³-hybridized carbons (Fsp3) is 0.400. The van der Waals surface area contributed by atoms with E-state index in [1.165, 1.54) is 24.4 Å². The summed E-state index contributed by atoms with van der Waals surface area (Å²) in [5.74, 6) is -0.264. The zero-order chi connectivity index (χ0) is 21.4. The number of carboxylic acids is 1. The third-order valence-corrected chi connectivity index (χ3v) is 5.65. The van der Waals surface area contributed by atoms with Gasteiger partial charge in [-0.3, -0.25) is 4.72 Å². The first-order valence-corrected chi connectivity index (χ1v) is 11.0. The topological polar surface area (TPSA) is 109 Å². The van der Waals surface area contributed by atoms with Crippen LogP contribution in [0.2, 0.25) is 0 Å². The molecule has 0 spiro atoms. The van der Waals surface area contributed by atoms with Crippen LogP contribution in [-0.4, -0.2) is 44.2 Å². The Kier molecular flexibility index (Phi) is 7.83. The Labute approximate surface area is 171 Å². The highest BCUT2D eigenvalue weighted by Gasteiger charge is 2.20. The van der Waals surface area contributed by atoms with Gasteiger partial charge >= 0.3 is 5.97 Å². The number of nitrogens with one attached hydrogen (secondary N) is 1. The molecular formula is C20H27N3O5S. The molecule has 1 heterocycles. The van der Waals surface area contributed by atoms with Gasteiger partial charge in [0.2, 0.25) is 0 Å². The number of sulfonamides is 1. The first-order valence-electron chi connectivity index (χ1n) is 9.56. The molecule has 0 radical (unpaired) electrons. The van der Waals surface area contributed by atoms with Crippen LogP contribution >= 0.6 is 0 Å². The predicted molar refractivity (Wildman–Crippen MR) is 112 cm³/mol. The summed E-state index contributed by atoms with van der Waals surface area (Å²) in [7, 11) is -3.89. The fourth-order valence-corrected chi connectivity index (χ4v) is 3.82. The zero-order valence-corrected chi connectivity index (χ0v) is 17.7. The molecule has 9 heteroatoms. The van der Waals surface area contributed by atoms with Gasteiger partial charge in [-0.15, -0.1) is 0 Å². The first kappa shape index (κ1) is 22.5. The van der Waals surface area contributed by atoms with Gasteiger partial charge in [0.15, 0.2) is 0 Å². The number of hydrogen-bond acceptors (Lipinski definition) is 6. The maximum Gasteiger partial charge on any atom is 0.339 e. The second kappa shape index (κ2) is 10.1. The average molecular weight is 422 g/mol. The van der Waals surface area contributed by atoms with Crippen molar-refractivity contribution in [3.05, 3.63) is 42.1 Å². The van der Waals surface area contributed by atoms with Gasteiger partial charge in [-0.2, -0.15) is 0 Å². The molecule has 1 aromatic heterocycles. The summed E-state index contributed by atoms with van der Waals surface area (Å²) in [4.78, 5) is 17.9. The molecule has 2 rings (SSSR count). The van der Waals surface area contributed by atoms with Crippen molar-refractivity contribution in [2.45, 2.75) is 38.5 Å². The number of hydrogen-bond donors (Lipinski definition) is 2. The highest BCUT2D eigenvalue weighted by Crippen LogP contribution is 2.24. The molecule has 1 aromatic carbocycles. The van der Waals surface area contributed by atoms with Crippen LogP contribution in [0.1, 0.15) is 44.0 Å². The minimum atomic E-state index is -3.89. The van der Waals surface area contributed by atoms with E-state index < -0.39 is 16.0 Å². The van der Waals surface area contributed by atoms with Crippen LogP contribution in [0.5, 0.6) is 5.75 Å². The molecule has 0 unspecified atom stereocenters. The van der Waals surface area contributed by atoms with Crippen molar-refractivity contribution in [2.75, 3.05) is 29.3 Å². The number of anilines is 2. The number of aromatic carboxylic acids is 1. The Bertz CT molecular complexity index is 930. The quantitative estimate of drug-likeness (QED) is 0.570. The largest absolute Gasteiger partial charge is 0.494 e. The summed E-state index contributed by atoms with van der Waals surface area (Å²) >= 11 is 0. The molecule has 0 amide bonds. The van der Waals surface area contributed by atoms with Gasteiger partial charge in [-0.1, -0.05) is 13.3 Å². The highest BCUT2D eigenvalue weighted by molar-refractivity contribution is 7.92. The van der Waals surface area contributed by atoms with Crippen LogP contribution in [-0.2, 0) is 10.0 Å². The van der Waals surface area contributed by atoms with E-state index in [0.29, 0.717) is 31.3 Å². The summed E-state index contributed by atoms with van der Waals surface area (Å²) in [5, 5.41) is 9.60.